The number of nitrogens with zero attached hydrogens (tertiary/aromatic N) is 1. The fourth-order valence-corrected chi connectivity index (χ4v) is 14.5. The van der Waals surface area contributed by atoms with Crippen molar-refractivity contribution in [1.29, 1.82) is 0 Å². The second kappa shape index (κ2) is 10.2. The van der Waals surface area contributed by atoms with Crippen LogP contribution >= 0.6 is 0 Å². The fourth-order valence-electron chi connectivity index (χ4n) is 14.5. The van der Waals surface area contributed by atoms with Crippen LogP contribution in [-0.2, 0) is 27.1 Å². The van der Waals surface area contributed by atoms with Gasteiger partial charge in [0.15, 0.2) is 0 Å². The quantitative estimate of drug-likeness (QED) is 0.211. The van der Waals surface area contributed by atoms with Crippen LogP contribution in [0.1, 0.15) is 147 Å². The summed E-state index contributed by atoms with van der Waals surface area (Å²) in [5, 5.41) is 0. The summed E-state index contributed by atoms with van der Waals surface area (Å²) >= 11 is 0. The van der Waals surface area contributed by atoms with E-state index in [1.54, 1.807) is 0 Å². The largest absolute Gasteiger partial charge is 0.457 e. The molecule has 4 fully saturated rings. The molecule has 0 amide bonds. The predicted octanol–water partition coefficient (Wildman–Crippen LogP) is 13.7. The van der Waals surface area contributed by atoms with Crippen molar-refractivity contribution in [2.24, 2.45) is 29.1 Å². The Morgan fingerprint density at radius 1 is 0.509 bits per heavy atom. The molecular weight excluding hydrogens is 643 g/mol. The maximum absolute atomic E-state index is 7.08. The van der Waals surface area contributed by atoms with Gasteiger partial charge in [-0.1, -0.05) is 91.8 Å². The summed E-state index contributed by atoms with van der Waals surface area (Å²) in [7, 11) is 0. The van der Waals surface area contributed by atoms with Crippen molar-refractivity contribution in [3.05, 3.63) is 112 Å². The van der Waals surface area contributed by atoms with Gasteiger partial charge in [-0.3, -0.25) is 0 Å². The molecular formula is C51H59NO. The van der Waals surface area contributed by atoms with Crippen LogP contribution in [0.15, 0.2) is 78.9 Å². The predicted molar refractivity (Wildman–Crippen MR) is 218 cm³/mol. The lowest BCUT2D eigenvalue weighted by atomic mass is 9.37. The Bertz CT molecular complexity index is 2110. The minimum atomic E-state index is -0.0200. The second-order valence-electron chi connectivity index (χ2n) is 21.6. The van der Waals surface area contributed by atoms with E-state index in [4.69, 9.17) is 4.74 Å². The van der Waals surface area contributed by atoms with E-state index in [1.165, 1.54) is 108 Å². The molecule has 0 N–H and O–H groups in total. The number of para-hydroxylation sites is 1. The van der Waals surface area contributed by atoms with Gasteiger partial charge in [-0.15, -0.1) is 0 Å². The fraction of sp³-hybridized carbons (Fsp3) is 0.529. The standard InChI is InChI=1S/C51H59NO/c1-46(2)20-22-48(5,6)38-27-33(16-18-35(38)46)52(34-17-19-36-39(28-34)49(7,8)23-21-47(36,3)4)40-13-11-15-42-45(40)51(37-12-9-10-14-41(37)53-42)43-25-31-24-32-26-44(51)50(43,29-31)30-32/h9-19,27-28,31-32,43-44H,20-26,29-30H2,1-8H3. The second-order valence-corrected chi connectivity index (χ2v) is 21.6. The maximum Gasteiger partial charge on any atom is 0.133 e. The first-order valence-corrected chi connectivity index (χ1v) is 21.2. The number of fused-ring (bicyclic) bond motifs is 10. The summed E-state index contributed by atoms with van der Waals surface area (Å²) in [4.78, 5) is 2.69. The summed E-state index contributed by atoms with van der Waals surface area (Å²) in [6.07, 6.45) is 12.0. The minimum absolute atomic E-state index is 0.0200. The van der Waals surface area contributed by atoms with Gasteiger partial charge in [-0.25, -0.2) is 0 Å². The Morgan fingerprint density at radius 3 is 1.58 bits per heavy atom. The number of anilines is 3. The Kier molecular flexibility index (Phi) is 6.33. The Balaban J connectivity index is 1.19. The first-order valence-electron chi connectivity index (χ1n) is 21.2. The summed E-state index contributed by atoms with van der Waals surface area (Å²) < 4.78 is 7.08. The van der Waals surface area contributed by atoms with Crippen LogP contribution in [0.3, 0.4) is 0 Å². The number of hydrogen-bond acceptors (Lipinski definition) is 2. The minimum Gasteiger partial charge on any atom is -0.457 e. The summed E-state index contributed by atoms with van der Waals surface area (Å²) in [6.45, 7) is 19.7. The molecule has 3 bridgehead atoms. The van der Waals surface area contributed by atoms with E-state index in [0.717, 1.165) is 23.3 Å². The van der Waals surface area contributed by atoms with E-state index in [0.29, 0.717) is 17.3 Å². The van der Waals surface area contributed by atoms with Crippen molar-refractivity contribution in [3.8, 4) is 11.5 Å². The molecule has 11 rings (SSSR count). The van der Waals surface area contributed by atoms with Gasteiger partial charge in [-0.05, 0) is 173 Å². The van der Waals surface area contributed by atoms with Crippen molar-refractivity contribution >= 4 is 17.1 Å². The first kappa shape index (κ1) is 32.9. The molecule has 0 aromatic heterocycles. The van der Waals surface area contributed by atoms with Crippen LogP contribution in [0.25, 0.3) is 0 Å². The topological polar surface area (TPSA) is 12.5 Å². The molecule has 274 valence electrons. The molecule has 53 heavy (non-hydrogen) atoms. The molecule has 0 radical (unpaired) electrons. The van der Waals surface area contributed by atoms with E-state index >= 15 is 0 Å². The van der Waals surface area contributed by atoms with Crippen LogP contribution in [0.5, 0.6) is 11.5 Å². The molecule has 6 aliphatic carbocycles. The van der Waals surface area contributed by atoms with E-state index in [1.807, 2.05) is 0 Å². The van der Waals surface area contributed by atoms with Gasteiger partial charge in [0.2, 0.25) is 0 Å². The summed E-state index contributed by atoms with van der Waals surface area (Å²) in [6, 6.07) is 31.4. The lowest BCUT2D eigenvalue weighted by Gasteiger charge is -2.67. The Hall–Kier alpha value is -3.52. The third-order valence-electron chi connectivity index (χ3n) is 17.0. The number of ether oxygens (including phenoxy) is 1. The Morgan fingerprint density at radius 2 is 1.02 bits per heavy atom. The molecule has 7 aliphatic rings. The van der Waals surface area contributed by atoms with Gasteiger partial charge < -0.3 is 9.64 Å². The van der Waals surface area contributed by atoms with E-state index in [9.17, 15) is 0 Å². The first-order chi connectivity index (χ1) is 25.2. The molecule has 2 heteroatoms. The average Bonchev–Trinajstić information content (AvgIpc) is 3.52. The zero-order chi connectivity index (χ0) is 36.5. The monoisotopic (exact) mass is 701 g/mol. The highest BCUT2D eigenvalue weighted by Crippen LogP contribution is 2.85. The molecule has 4 aromatic rings. The third kappa shape index (κ3) is 4.12. The van der Waals surface area contributed by atoms with Crippen molar-refractivity contribution < 1.29 is 4.74 Å². The highest BCUT2D eigenvalue weighted by molar-refractivity contribution is 5.84. The van der Waals surface area contributed by atoms with Crippen LogP contribution in [0.4, 0.5) is 17.1 Å². The lowest BCUT2D eigenvalue weighted by molar-refractivity contribution is -0.0878. The highest BCUT2D eigenvalue weighted by Gasteiger charge is 2.79. The van der Waals surface area contributed by atoms with Crippen molar-refractivity contribution in [2.45, 2.75) is 140 Å². The number of benzene rings is 4. The highest BCUT2D eigenvalue weighted by atomic mass is 16.5. The zero-order valence-corrected chi connectivity index (χ0v) is 33.5. The molecule has 2 nitrogen and oxygen atoms in total. The summed E-state index contributed by atoms with van der Waals surface area (Å²) in [5.41, 5.74) is 14.0. The normalized spacial score (nSPS) is 33.5. The van der Waals surface area contributed by atoms with Crippen molar-refractivity contribution in [2.75, 3.05) is 4.90 Å². The lowest BCUT2D eigenvalue weighted by Crippen LogP contribution is -2.64. The van der Waals surface area contributed by atoms with Gasteiger partial charge in [0.25, 0.3) is 0 Å². The van der Waals surface area contributed by atoms with Crippen LogP contribution in [0.2, 0.25) is 0 Å². The van der Waals surface area contributed by atoms with Crippen LogP contribution in [-0.4, -0.2) is 0 Å². The van der Waals surface area contributed by atoms with E-state index in [2.05, 4.69) is 139 Å². The van der Waals surface area contributed by atoms with E-state index in [-0.39, 0.29) is 27.1 Å². The maximum atomic E-state index is 7.08. The van der Waals surface area contributed by atoms with Crippen molar-refractivity contribution in [1.82, 2.24) is 0 Å². The van der Waals surface area contributed by atoms with Gasteiger partial charge in [-0.2, -0.15) is 0 Å². The smallest absolute Gasteiger partial charge is 0.133 e. The molecule has 4 atom stereocenters. The van der Waals surface area contributed by atoms with Crippen LogP contribution < -0.4 is 9.64 Å². The molecule has 4 saturated carbocycles. The number of hydrogen-bond donors (Lipinski definition) is 0. The SMILES string of the molecule is CC1(C)CCC(C)(C)c2cc(N(c3ccc4c(c3)C(C)(C)CCC4(C)C)c3cccc4c3C3(c5ccccc5O4)C4CC5CC6CC3C4(C5)C6)ccc21. The van der Waals surface area contributed by atoms with Gasteiger partial charge in [0.05, 0.1) is 5.69 Å². The zero-order valence-electron chi connectivity index (χ0n) is 33.5. The molecule has 0 saturated heterocycles. The van der Waals surface area contributed by atoms with Crippen LogP contribution in [0, 0.1) is 29.1 Å². The molecule has 1 aliphatic heterocycles. The molecule has 2 spiro atoms. The summed E-state index contributed by atoms with van der Waals surface area (Å²) in [5.74, 6) is 5.32. The van der Waals surface area contributed by atoms with Gasteiger partial charge in [0, 0.05) is 27.9 Å². The molecule has 4 unspecified atom stereocenters. The molecule has 1 heterocycles. The third-order valence-corrected chi connectivity index (χ3v) is 17.0. The van der Waals surface area contributed by atoms with Gasteiger partial charge in [0.1, 0.15) is 11.5 Å². The van der Waals surface area contributed by atoms with Gasteiger partial charge >= 0.3 is 0 Å². The molecule has 4 aromatic carbocycles. The average molecular weight is 702 g/mol. The van der Waals surface area contributed by atoms with Crippen molar-refractivity contribution in [3.63, 3.8) is 0 Å². The Labute approximate surface area is 318 Å². The number of rotatable bonds is 3. The van der Waals surface area contributed by atoms with E-state index < -0.39 is 0 Å².